The van der Waals surface area contributed by atoms with Crippen LogP contribution >= 0.6 is 0 Å². The number of anilines is 3. The molecular weight excluding hydrogens is 308 g/mol. The van der Waals surface area contributed by atoms with Gasteiger partial charge in [-0.05, 0) is 48.5 Å². The molecule has 0 unspecified atom stereocenters. The van der Waals surface area contributed by atoms with Crippen LogP contribution in [0, 0.1) is 0 Å². The maximum Gasteiger partial charge on any atom is 0.294 e. The molecule has 0 saturated carbocycles. The molecule has 1 aliphatic rings. The summed E-state index contributed by atoms with van der Waals surface area (Å²) in [6.45, 7) is 0.840. The van der Waals surface area contributed by atoms with Gasteiger partial charge in [0, 0.05) is 17.1 Å². The van der Waals surface area contributed by atoms with Gasteiger partial charge in [0.25, 0.3) is 5.91 Å². The van der Waals surface area contributed by atoms with Crippen LogP contribution in [0.1, 0.15) is 0 Å². The van der Waals surface area contributed by atoms with Crippen LogP contribution in [-0.4, -0.2) is 26.2 Å². The third kappa shape index (κ3) is 3.98. The Hall–Kier alpha value is -3.15. The molecule has 0 atom stereocenters. The molecule has 1 heterocycles. The maximum atomic E-state index is 12.0. The van der Waals surface area contributed by atoms with E-state index in [1.165, 1.54) is 6.26 Å². The molecule has 0 aliphatic carbocycles. The predicted octanol–water partition coefficient (Wildman–Crippen LogP) is 3.27. The quantitative estimate of drug-likeness (QED) is 0.882. The van der Waals surface area contributed by atoms with Crippen LogP contribution in [0.25, 0.3) is 0 Å². The first kappa shape index (κ1) is 15.7. The van der Waals surface area contributed by atoms with Crippen molar-refractivity contribution in [3.05, 3.63) is 60.6 Å². The number of methoxy groups -OCH3 is 1. The molecular formula is C18H18N2O4. The van der Waals surface area contributed by atoms with Crippen molar-refractivity contribution in [2.24, 2.45) is 0 Å². The molecule has 0 fully saturated rings. The van der Waals surface area contributed by atoms with Crippen molar-refractivity contribution in [2.75, 3.05) is 31.0 Å². The third-order valence-electron chi connectivity index (χ3n) is 3.39. The lowest BCUT2D eigenvalue weighted by Gasteiger charge is -2.15. The second-order valence-electron chi connectivity index (χ2n) is 5.09. The average molecular weight is 326 g/mol. The summed E-state index contributed by atoms with van der Waals surface area (Å²) in [5, 5.41) is 6.04. The van der Waals surface area contributed by atoms with Gasteiger partial charge in [0.1, 0.15) is 25.2 Å². The van der Waals surface area contributed by atoms with Gasteiger partial charge >= 0.3 is 0 Å². The Bertz CT molecular complexity index is 724. The van der Waals surface area contributed by atoms with Crippen molar-refractivity contribution in [2.45, 2.75) is 0 Å². The summed E-state index contributed by atoms with van der Waals surface area (Å²) in [6, 6.07) is 15.0. The summed E-state index contributed by atoms with van der Waals surface area (Å²) in [4.78, 5) is 12.0. The van der Waals surface area contributed by atoms with Crippen LogP contribution < -0.4 is 15.4 Å². The number of hydrogen-bond acceptors (Lipinski definition) is 5. The zero-order valence-corrected chi connectivity index (χ0v) is 13.2. The van der Waals surface area contributed by atoms with E-state index in [0.717, 1.165) is 17.1 Å². The van der Waals surface area contributed by atoms with Crippen molar-refractivity contribution in [1.82, 2.24) is 0 Å². The first-order chi connectivity index (χ1) is 11.7. The molecule has 24 heavy (non-hydrogen) atoms. The minimum absolute atomic E-state index is 0.182. The maximum absolute atomic E-state index is 12.0. The van der Waals surface area contributed by atoms with Gasteiger partial charge in [-0.1, -0.05) is 0 Å². The molecule has 2 N–H and O–H groups in total. The summed E-state index contributed by atoms with van der Waals surface area (Å²) in [5.41, 5.74) is 2.54. The van der Waals surface area contributed by atoms with E-state index >= 15 is 0 Å². The standard InChI is InChI=1S/C18H18N2O4/c1-22-16-8-6-14(7-9-16)19-13-2-4-15(5-3-13)20-18(21)17-12-23-10-11-24-17/h2-9,12,19H,10-11H2,1H3,(H,20,21). The van der Waals surface area contributed by atoms with Crippen molar-refractivity contribution in [3.8, 4) is 5.75 Å². The van der Waals surface area contributed by atoms with Gasteiger partial charge in [-0.25, -0.2) is 0 Å². The fraction of sp³-hybridized carbons (Fsp3) is 0.167. The highest BCUT2D eigenvalue weighted by atomic mass is 16.6. The van der Waals surface area contributed by atoms with Crippen LogP contribution in [0.5, 0.6) is 5.75 Å². The van der Waals surface area contributed by atoms with Gasteiger partial charge in [0.2, 0.25) is 5.76 Å². The monoisotopic (exact) mass is 326 g/mol. The molecule has 0 radical (unpaired) electrons. The normalized spacial score (nSPS) is 13.1. The van der Waals surface area contributed by atoms with Crippen molar-refractivity contribution in [3.63, 3.8) is 0 Å². The van der Waals surface area contributed by atoms with Crippen LogP contribution in [0.3, 0.4) is 0 Å². The third-order valence-corrected chi connectivity index (χ3v) is 3.39. The molecule has 3 rings (SSSR count). The number of hydrogen-bond donors (Lipinski definition) is 2. The van der Waals surface area contributed by atoms with Gasteiger partial charge in [-0.15, -0.1) is 0 Å². The average Bonchev–Trinajstić information content (AvgIpc) is 2.65. The molecule has 6 nitrogen and oxygen atoms in total. The lowest BCUT2D eigenvalue weighted by molar-refractivity contribution is -0.117. The van der Waals surface area contributed by atoms with E-state index in [0.29, 0.717) is 18.9 Å². The predicted molar refractivity (Wildman–Crippen MR) is 91.3 cm³/mol. The van der Waals surface area contributed by atoms with E-state index in [9.17, 15) is 4.79 Å². The zero-order valence-electron chi connectivity index (χ0n) is 13.2. The molecule has 0 saturated heterocycles. The van der Waals surface area contributed by atoms with Crippen LogP contribution in [0.4, 0.5) is 17.1 Å². The van der Waals surface area contributed by atoms with Gasteiger partial charge in [-0.2, -0.15) is 0 Å². The molecule has 6 heteroatoms. The molecule has 2 aromatic rings. The molecule has 1 aliphatic heterocycles. The number of rotatable bonds is 5. The summed E-state index contributed by atoms with van der Waals surface area (Å²) in [7, 11) is 1.63. The Morgan fingerprint density at radius 2 is 1.58 bits per heavy atom. The fourth-order valence-electron chi connectivity index (χ4n) is 2.16. The SMILES string of the molecule is COc1ccc(Nc2ccc(NC(=O)C3=COCCO3)cc2)cc1. The molecule has 0 bridgehead atoms. The van der Waals surface area contributed by atoms with E-state index in [-0.39, 0.29) is 11.7 Å². The van der Waals surface area contributed by atoms with Crippen LogP contribution in [-0.2, 0) is 14.3 Å². The van der Waals surface area contributed by atoms with Gasteiger partial charge in [-0.3, -0.25) is 4.79 Å². The number of ether oxygens (including phenoxy) is 3. The summed E-state index contributed by atoms with van der Waals surface area (Å²) < 4.78 is 15.4. The zero-order chi connectivity index (χ0) is 16.8. The second kappa shape index (κ2) is 7.41. The minimum atomic E-state index is -0.328. The largest absolute Gasteiger partial charge is 0.497 e. The molecule has 0 aromatic heterocycles. The Labute approximate surface area is 140 Å². The Morgan fingerprint density at radius 3 is 2.17 bits per heavy atom. The Balaban J connectivity index is 1.60. The minimum Gasteiger partial charge on any atom is -0.497 e. The van der Waals surface area contributed by atoms with Crippen molar-refractivity contribution in [1.29, 1.82) is 0 Å². The van der Waals surface area contributed by atoms with E-state index in [2.05, 4.69) is 10.6 Å². The highest BCUT2D eigenvalue weighted by molar-refractivity contribution is 6.02. The lowest BCUT2D eigenvalue weighted by Crippen LogP contribution is -2.21. The summed E-state index contributed by atoms with van der Waals surface area (Å²) in [5.74, 6) is 0.661. The number of carbonyl (C=O) groups excluding carboxylic acids is 1. The van der Waals surface area contributed by atoms with Gasteiger partial charge in [0.05, 0.1) is 7.11 Å². The molecule has 1 amide bonds. The summed E-state index contributed by atoms with van der Waals surface area (Å²) >= 11 is 0. The second-order valence-corrected chi connectivity index (χ2v) is 5.09. The van der Waals surface area contributed by atoms with Crippen LogP contribution in [0.2, 0.25) is 0 Å². The number of carbonyl (C=O) groups is 1. The number of benzene rings is 2. The smallest absolute Gasteiger partial charge is 0.294 e. The van der Waals surface area contributed by atoms with Gasteiger partial charge < -0.3 is 24.8 Å². The van der Waals surface area contributed by atoms with E-state index < -0.39 is 0 Å². The fourth-order valence-corrected chi connectivity index (χ4v) is 2.16. The topological polar surface area (TPSA) is 68.8 Å². The lowest BCUT2D eigenvalue weighted by atomic mass is 10.2. The molecule has 124 valence electrons. The van der Waals surface area contributed by atoms with Crippen molar-refractivity contribution < 1.29 is 19.0 Å². The number of nitrogens with one attached hydrogen (secondary N) is 2. The van der Waals surface area contributed by atoms with Crippen LogP contribution in [0.15, 0.2) is 60.6 Å². The van der Waals surface area contributed by atoms with E-state index in [1.54, 1.807) is 7.11 Å². The van der Waals surface area contributed by atoms with Gasteiger partial charge in [0.15, 0.2) is 0 Å². The Kier molecular flexibility index (Phi) is 4.86. The van der Waals surface area contributed by atoms with E-state index in [1.807, 2.05) is 48.5 Å². The first-order valence-electron chi connectivity index (χ1n) is 7.52. The molecule has 2 aromatic carbocycles. The van der Waals surface area contributed by atoms with E-state index in [4.69, 9.17) is 14.2 Å². The first-order valence-corrected chi connectivity index (χ1v) is 7.52. The highest BCUT2D eigenvalue weighted by Gasteiger charge is 2.14. The van der Waals surface area contributed by atoms with Crippen molar-refractivity contribution >= 4 is 23.0 Å². The Morgan fingerprint density at radius 1 is 0.958 bits per heavy atom. The number of amides is 1. The molecule has 0 spiro atoms. The summed E-state index contributed by atoms with van der Waals surface area (Å²) in [6.07, 6.45) is 1.33. The highest BCUT2D eigenvalue weighted by Crippen LogP contribution is 2.21.